The lowest BCUT2D eigenvalue weighted by atomic mass is 10.0. The zero-order valence-corrected chi connectivity index (χ0v) is 12.7. The third kappa shape index (κ3) is 4.64. The van der Waals surface area contributed by atoms with Crippen LogP contribution in [0.5, 0.6) is 0 Å². The zero-order valence-electron chi connectivity index (χ0n) is 11.8. The minimum Gasteiger partial charge on any atom is -0.336 e. The van der Waals surface area contributed by atoms with E-state index in [0.717, 1.165) is 17.8 Å². The number of hydrogen-bond donors (Lipinski definition) is 0. The van der Waals surface area contributed by atoms with E-state index in [1.165, 1.54) is 11.3 Å². The van der Waals surface area contributed by atoms with Crippen LogP contribution in [-0.4, -0.2) is 28.9 Å². The van der Waals surface area contributed by atoms with Gasteiger partial charge in [0.1, 0.15) is 5.69 Å². The largest absolute Gasteiger partial charge is 0.336 e. The summed E-state index contributed by atoms with van der Waals surface area (Å²) in [5.74, 6) is 0.439. The molecule has 0 aliphatic rings. The Hall–Kier alpha value is -1.41. The molecule has 1 amide bonds. The minimum atomic E-state index is -0.0495. The van der Waals surface area contributed by atoms with Crippen molar-refractivity contribution in [1.82, 2.24) is 9.88 Å². The van der Waals surface area contributed by atoms with Crippen molar-refractivity contribution in [3.05, 3.63) is 16.1 Å². The molecular weight excluding hydrogens is 258 g/mol. The molecule has 104 valence electrons. The van der Waals surface area contributed by atoms with E-state index in [-0.39, 0.29) is 5.91 Å². The number of carbonyl (C=O) groups is 1. The van der Waals surface area contributed by atoms with Crippen LogP contribution in [-0.2, 0) is 0 Å². The first-order chi connectivity index (χ1) is 9.12. The van der Waals surface area contributed by atoms with E-state index in [2.05, 4.69) is 24.9 Å². The monoisotopic (exact) mass is 279 g/mol. The Morgan fingerprint density at radius 1 is 1.53 bits per heavy atom. The summed E-state index contributed by atoms with van der Waals surface area (Å²) in [6, 6.07) is 2.11. The quantitative estimate of drug-likeness (QED) is 0.770. The maximum atomic E-state index is 12.4. The van der Waals surface area contributed by atoms with Crippen molar-refractivity contribution in [1.29, 1.82) is 5.26 Å². The number of amides is 1. The van der Waals surface area contributed by atoms with Gasteiger partial charge in [-0.1, -0.05) is 26.7 Å². The predicted octanol–water partition coefficient (Wildman–Crippen LogP) is 3.24. The Morgan fingerprint density at radius 3 is 2.68 bits per heavy atom. The molecule has 0 aromatic carbocycles. The molecule has 0 radical (unpaired) electrons. The molecule has 1 heterocycles. The molecule has 0 unspecified atom stereocenters. The molecule has 0 saturated carbocycles. The van der Waals surface area contributed by atoms with Crippen LogP contribution in [0.1, 0.15) is 48.6 Å². The number of aromatic nitrogens is 1. The molecule has 0 aliphatic heterocycles. The van der Waals surface area contributed by atoms with Gasteiger partial charge in [-0.15, -0.1) is 11.3 Å². The van der Waals surface area contributed by atoms with Gasteiger partial charge in [-0.05, 0) is 12.8 Å². The van der Waals surface area contributed by atoms with Gasteiger partial charge in [0.2, 0.25) is 0 Å². The number of aryl methyl sites for hydroxylation is 1. The summed E-state index contributed by atoms with van der Waals surface area (Å²) in [7, 11) is 0. The SMILES string of the molecule is CCC(CC)CN(CCC#N)C(=O)c1csc(C)n1. The molecule has 0 saturated heterocycles. The van der Waals surface area contributed by atoms with Gasteiger partial charge in [0, 0.05) is 18.5 Å². The predicted molar refractivity (Wildman–Crippen MR) is 77.1 cm³/mol. The second-order valence-corrected chi connectivity index (χ2v) is 5.66. The number of nitriles is 1. The lowest BCUT2D eigenvalue weighted by molar-refractivity contribution is 0.0723. The van der Waals surface area contributed by atoms with Crippen LogP contribution >= 0.6 is 11.3 Å². The summed E-state index contributed by atoms with van der Waals surface area (Å²) in [6.45, 7) is 7.36. The van der Waals surface area contributed by atoms with E-state index in [4.69, 9.17) is 5.26 Å². The van der Waals surface area contributed by atoms with E-state index in [9.17, 15) is 4.79 Å². The molecule has 0 fully saturated rings. The highest BCUT2D eigenvalue weighted by molar-refractivity contribution is 7.09. The molecule has 4 nitrogen and oxygen atoms in total. The average Bonchev–Trinajstić information content (AvgIpc) is 2.85. The van der Waals surface area contributed by atoms with E-state index in [1.54, 1.807) is 10.3 Å². The van der Waals surface area contributed by atoms with Crippen molar-refractivity contribution in [2.75, 3.05) is 13.1 Å². The van der Waals surface area contributed by atoms with E-state index >= 15 is 0 Å². The fraction of sp³-hybridized carbons (Fsp3) is 0.643. The third-order valence-corrected chi connectivity index (χ3v) is 4.03. The highest BCUT2D eigenvalue weighted by atomic mass is 32.1. The number of rotatable bonds is 7. The lowest BCUT2D eigenvalue weighted by Gasteiger charge is -2.25. The standard InChI is InChI=1S/C14H21N3OS/c1-4-12(5-2)9-17(8-6-7-15)14(18)13-10-19-11(3)16-13/h10,12H,4-6,8-9H2,1-3H3. The highest BCUT2D eigenvalue weighted by Gasteiger charge is 2.20. The fourth-order valence-electron chi connectivity index (χ4n) is 1.94. The van der Waals surface area contributed by atoms with Crippen molar-refractivity contribution in [2.45, 2.75) is 40.0 Å². The summed E-state index contributed by atoms with van der Waals surface area (Å²) in [5.41, 5.74) is 0.506. The summed E-state index contributed by atoms with van der Waals surface area (Å²) >= 11 is 1.48. The van der Waals surface area contributed by atoms with Crippen molar-refractivity contribution in [2.24, 2.45) is 5.92 Å². The molecule has 5 heteroatoms. The van der Waals surface area contributed by atoms with E-state index in [1.807, 2.05) is 6.92 Å². The van der Waals surface area contributed by atoms with E-state index < -0.39 is 0 Å². The van der Waals surface area contributed by atoms with Crippen LogP contribution in [0.25, 0.3) is 0 Å². The van der Waals surface area contributed by atoms with Gasteiger partial charge < -0.3 is 4.90 Å². The van der Waals surface area contributed by atoms with Crippen molar-refractivity contribution < 1.29 is 4.79 Å². The Morgan fingerprint density at radius 2 is 2.21 bits per heavy atom. The van der Waals surface area contributed by atoms with Gasteiger partial charge in [0.05, 0.1) is 17.5 Å². The summed E-state index contributed by atoms with van der Waals surface area (Å²) in [6.07, 6.45) is 2.46. The number of hydrogen-bond acceptors (Lipinski definition) is 4. The van der Waals surface area contributed by atoms with Gasteiger partial charge in [-0.2, -0.15) is 5.26 Å². The lowest BCUT2D eigenvalue weighted by Crippen LogP contribution is -2.36. The molecule has 0 N–H and O–H groups in total. The molecule has 1 aromatic rings. The smallest absolute Gasteiger partial charge is 0.273 e. The van der Waals surface area contributed by atoms with Crippen molar-refractivity contribution >= 4 is 17.2 Å². The van der Waals surface area contributed by atoms with Gasteiger partial charge in [-0.3, -0.25) is 4.79 Å². The first-order valence-corrected chi connectivity index (χ1v) is 7.58. The second-order valence-electron chi connectivity index (χ2n) is 4.59. The number of thiazole rings is 1. The summed E-state index contributed by atoms with van der Waals surface area (Å²) in [5, 5.41) is 11.4. The molecule has 19 heavy (non-hydrogen) atoms. The maximum Gasteiger partial charge on any atom is 0.273 e. The van der Waals surface area contributed by atoms with Gasteiger partial charge in [0.25, 0.3) is 5.91 Å². The van der Waals surface area contributed by atoms with Crippen LogP contribution in [0.2, 0.25) is 0 Å². The van der Waals surface area contributed by atoms with Crippen LogP contribution in [0.4, 0.5) is 0 Å². The Kier molecular flexibility index (Phi) is 6.51. The maximum absolute atomic E-state index is 12.4. The van der Waals surface area contributed by atoms with Gasteiger partial charge in [-0.25, -0.2) is 4.98 Å². The Balaban J connectivity index is 2.78. The van der Waals surface area contributed by atoms with Gasteiger partial charge in [0.15, 0.2) is 0 Å². The molecule has 0 aliphatic carbocycles. The van der Waals surface area contributed by atoms with Crippen molar-refractivity contribution in [3.63, 3.8) is 0 Å². The minimum absolute atomic E-state index is 0.0495. The molecule has 0 spiro atoms. The summed E-state index contributed by atoms with van der Waals surface area (Å²) in [4.78, 5) is 18.4. The number of carbonyl (C=O) groups excluding carboxylic acids is 1. The zero-order chi connectivity index (χ0) is 14.3. The second kappa shape index (κ2) is 7.90. The third-order valence-electron chi connectivity index (χ3n) is 3.25. The fourth-order valence-corrected chi connectivity index (χ4v) is 2.53. The number of nitrogens with zero attached hydrogens (tertiary/aromatic N) is 3. The first-order valence-electron chi connectivity index (χ1n) is 6.70. The Bertz CT molecular complexity index is 446. The Labute approximate surface area is 119 Å². The average molecular weight is 279 g/mol. The first kappa shape index (κ1) is 15.6. The normalized spacial score (nSPS) is 10.5. The van der Waals surface area contributed by atoms with Crippen molar-refractivity contribution in [3.8, 4) is 6.07 Å². The van der Waals surface area contributed by atoms with E-state index in [0.29, 0.717) is 31.1 Å². The van der Waals surface area contributed by atoms with Gasteiger partial charge >= 0.3 is 0 Å². The van der Waals surface area contributed by atoms with Crippen LogP contribution < -0.4 is 0 Å². The molecule has 1 rings (SSSR count). The van der Waals surface area contributed by atoms with Crippen LogP contribution in [0.3, 0.4) is 0 Å². The topological polar surface area (TPSA) is 57.0 Å². The highest BCUT2D eigenvalue weighted by Crippen LogP contribution is 2.15. The molecule has 0 bridgehead atoms. The molecular formula is C14H21N3OS. The van der Waals surface area contributed by atoms with Crippen LogP contribution in [0, 0.1) is 24.2 Å². The molecule has 1 aromatic heterocycles. The summed E-state index contributed by atoms with van der Waals surface area (Å²) < 4.78 is 0. The molecule has 0 atom stereocenters. The van der Waals surface area contributed by atoms with Crippen LogP contribution in [0.15, 0.2) is 5.38 Å².